The Morgan fingerprint density at radius 2 is 0.978 bits per heavy atom. The second kappa shape index (κ2) is 13.5. The van der Waals surface area contributed by atoms with Crippen LogP contribution in [0.15, 0.2) is 168 Å². The first kappa shape index (κ1) is 29.0. The Kier molecular flexibility index (Phi) is 8.66. The number of allylic oxidation sites excluding steroid dienone is 4. The summed E-state index contributed by atoms with van der Waals surface area (Å²) in [5.41, 5.74) is 8.81. The minimum atomic E-state index is -1.17. The van der Waals surface area contributed by atoms with Crippen molar-refractivity contribution in [3.8, 4) is 6.07 Å². The molecule has 218 valence electrons. The van der Waals surface area contributed by atoms with Crippen LogP contribution in [-0.2, 0) is 4.79 Å². The van der Waals surface area contributed by atoms with E-state index in [1.165, 1.54) is 0 Å². The molecule has 0 fully saturated rings. The van der Waals surface area contributed by atoms with E-state index in [4.69, 9.17) is 0 Å². The monoisotopic (exact) mass is 585 g/mol. The predicted molar refractivity (Wildman–Crippen MR) is 182 cm³/mol. The third-order valence-electron chi connectivity index (χ3n) is 7.74. The Bertz CT molecular complexity index is 1860. The van der Waals surface area contributed by atoms with Crippen LogP contribution in [0.1, 0.15) is 18.4 Å². The van der Waals surface area contributed by atoms with Crippen LogP contribution in [0.4, 0.5) is 34.1 Å². The maximum absolute atomic E-state index is 11.3. The lowest BCUT2D eigenvalue weighted by Gasteiger charge is -2.28. The topological polar surface area (TPSA) is 67.6 Å². The second-order valence-corrected chi connectivity index (χ2v) is 10.7. The third kappa shape index (κ3) is 6.61. The van der Waals surface area contributed by atoms with Gasteiger partial charge in [-0.2, -0.15) is 5.26 Å². The standard InChI is InChI=1S/C40H31N3O2/c41-29-39(40(44)45)32-21-18-31(28-32)17-16-30-19-22-36(23-20-30)43(35-14-8-3-9-15-35)38-26-24-37(25-27-38)42(33-10-4-1-5-11-33)34-12-6-2-7-13-34/h1-17,19-20,22-28H,18,21H2,(H,44,45). The van der Waals surface area contributed by atoms with Crippen LogP contribution in [0, 0.1) is 11.3 Å². The molecule has 5 nitrogen and oxygen atoms in total. The Morgan fingerprint density at radius 1 is 0.578 bits per heavy atom. The zero-order valence-electron chi connectivity index (χ0n) is 24.6. The summed E-state index contributed by atoms with van der Waals surface area (Å²) in [5, 5.41) is 18.4. The summed E-state index contributed by atoms with van der Waals surface area (Å²) in [6.45, 7) is 0. The molecule has 0 atom stereocenters. The lowest BCUT2D eigenvalue weighted by atomic mass is 10.1. The molecule has 0 amide bonds. The number of rotatable bonds is 9. The lowest BCUT2D eigenvalue weighted by Crippen LogP contribution is -2.12. The maximum Gasteiger partial charge on any atom is 0.346 e. The van der Waals surface area contributed by atoms with Crippen LogP contribution in [0.3, 0.4) is 0 Å². The van der Waals surface area contributed by atoms with Gasteiger partial charge < -0.3 is 14.9 Å². The van der Waals surface area contributed by atoms with E-state index in [1.54, 1.807) is 0 Å². The van der Waals surface area contributed by atoms with E-state index in [1.807, 2.05) is 54.6 Å². The van der Waals surface area contributed by atoms with Crippen molar-refractivity contribution in [3.05, 3.63) is 174 Å². The number of nitrogens with zero attached hydrogens (tertiary/aromatic N) is 3. The molecule has 0 aromatic heterocycles. The number of carbonyl (C=O) groups is 1. The van der Waals surface area contributed by atoms with Crippen molar-refractivity contribution in [1.29, 1.82) is 5.26 Å². The highest BCUT2D eigenvalue weighted by atomic mass is 16.4. The highest BCUT2D eigenvalue weighted by Crippen LogP contribution is 2.39. The van der Waals surface area contributed by atoms with Crippen LogP contribution in [0.25, 0.3) is 6.08 Å². The zero-order chi connectivity index (χ0) is 31.0. The average Bonchev–Trinajstić information content (AvgIpc) is 3.55. The van der Waals surface area contributed by atoms with E-state index < -0.39 is 5.97 Å². The number of nitriles is 1. The van der Waals surface area contributed by atoms with E-state index in [-0.39, 0.29) is 5.57 Å². The number of carboxylic acid groups (broad SMARTS) is 1. The third-order valence-corrected chi connectivity index (χ3v) is 7.74. The van der Waals surface area contributed by atoms with Crippen molar-refractivity contribution in [2.45, 2.75) is 12.8 Å². The zero-order valence-corrected chi connectivity index (χ0v) is 24.6. The molecule has 1 aliphatic rings. The van der Waals surface area contributed by atoms with Gasteiger partial charge in [-0.05, 0) is 102 Å². The number of aliphatic carboxylic acids is 1. The predicted octanol–water partition coefficient (Wildman–Crippen LogP) is 10.3. The van der Waals surface area contributed by atoms with Crippen LogP contribution < -0.4 is 9.80 Å². The summed E-state index contributed by atoms with van der Waals surface area (Å²) in [6.07, 6.45) is 7.11. The molecular formula is C40H31N3O2. The van der Waals surface area contributed by atoms with E-state index in [0.717, 1.165) is 45.3 Å². The average molecular weight is 586 g/mol. The van der Waals surface area contributed by atoms with Gasteiger partial charge in [0, 0.05) is 34.1 Å². The molecule has 0 bridgehead atoms. The van der Waals surface area contributed by atoms with Gasteiger partial charge in [-0.25, -0.2) is 4.79 Å². The molecule has 0 heterocycles. The quantitative estimate of drug-likeness (QED) is 0.138. The molecule has 5 aromatic rings. The lowest BCUT2D eigenvalue weighted by molar-refractivity contribution is -0.132. The van der Waals surface area contributed by atoms with E-state index >= 15 is 0 Å². The first-order valence-electron chi connectivity index (χ1n) is 14.8. The number of hydrogen-bond acceptors (Lipinski definition) is 4. The number of para-hydroxylation sites is 3. The summed E-state index contributed by atoms with van der Waals surface area (Å²) >= 11 is 0. The largest absolute Gasteiger partial charge is 0.477 e. The molecule has 0 spiro atoms. The number of anilines is 6. The number of carboxylic acids is 1. The van der Waals surface area contributed by atoms with Crippen molar-refractivity contribution in [3.63, 3.8) is 0 Å². The van der Waals surface area contributed by atoms with Crippen molar-refractivity contribution in [2.75, 3.05) is 9.80 Å². The summed E-state index contributed by atoms with van der Waals surface area (Å²) in [7, 11) is 0. The molecule has 1 N–H and O–H groups in total. The molecule has 45 heavy (non-hydrogen) atoms. The van der Waals surface area contributed by atoms with E-state index in [0.29, 0.717) is 18.4 Å². The Balaban J connectivity index is 1.29. The summed E-state index contributed by atoms with van der Waals surface area (Å²) in [4.78, 5) is 15.8. The molecule has 5 heteroatoms. The van der Waals surface area contributed by atoms with Gasteiger partial charge in [0.15, 0.2) is 0 Å². The van der Waals surface area contributed by atoms with Gasteiger partial charge in [0.2, 0.25) is 0 Å². The van der Waals surface area contributed by atoms with Crippen LogP contribution in [0.5, 0.6) is 0 Å². The summed E-state index contributed by atoms with van der Waals surface area (Å²) in [5.74, 6) is -1.17. The maximum atomic E-state index is 11.3. The Labute approximate surface area is 263 Å². The van der Waals surface area contributed by atoms with Crippen molar-refractivity contribution in [1.82, 2.24) is 0 Å². The van der Waals surface area contributed by atoms with Gasteiger partial charge in [0.05, 0.1) is 0 Å². The van der Waals surface area contributed by atoms with Crippen molar-refractivity contribution in [2.24, 2.45) is 0 Å². The summed E-state index contributed by atoms with van der Waals surface area (Å²) in [6, 6.07) is 49.8. The number of benzene rings is 5. The summed E-state index contributed by atoms with van der Waals surface area (Å²) < 4.78 is 0. The van der Waals surface area contributed by atoms with E-state index in [2.05, 4.69) is 119 Å². The van der Waals surface area contributed by atoms with Crippen molar-refractivity contribution >= 4 is 46.2 Å². The Morgan fingerprint density at radius 3 is 1.38 bits per heavy atom. The first-order chi connectivity index (χ1) is 22.1. The minimum Gasteiger partial charge on any atom is -0.477 e. The highest BCUT2D eigenvalue weighted by Gasteiger charge is 2.18. The van der Waals surface area contributed by atoms with Crippen LogP contribution in [0.2, 0.25) is 0 Å². The van der Waals surface area contributed by atoms with Gasteiger partial charge in [-0.15, -0.1) is 0 Å². The van der Waals surface area contributed by atoms with Gasteiger partial charge in [-0.1, -0.05) is 85.0 Å². The molecule has 6 rings (SSSR count). The van der Waals surface area contributed by atoms with Crippen LogP contribution in [-0.4, -0.2) is 11.1 Å². The molecule has 0 unspecified atom stereocenters. The second-order valence-electron chi connectivity index (χ2n) is 10.7. The first-order valence-corrected chi connectivity index (χ1v) is 14.8. The molecular weight excluding hydrogens is 554 g/mol. The molecule has 0 saturated carbocycles. The molecule has 0 saturated heterocycles. The van der Waals surface area contributed by atoms with Gasteiger partial charge in [-0.3, -0.25) is 0 Å². The molecule has 5 aromatic carbocycles. The van der Waals surface area contributed by atoms with E-state index in [9.17, 15) is 15.2 Å². The SMILES string of the molecule is N#CC(C(=O)O)=C1C=C(C=Cc2ccc(N(c3ccccc3)c3ccc(N(c4ccccc4)c4ccccc4)cc3)cc2)CC1. The Hall–Kier alpha value is -6.12. The van der Waals surface area contributed by atoms with Crippen molar-refractivity contribution < 1.29 is 9.90 Å². The smallest absolute Gasteiger partial charge is 0.346 e. The van der Waals surface area contributed by atoms with Gasteiger partial charge >= 0.3 is 5.97 Å². The fourth-order valence-corrected chi connectivity index (χ4v) is 5.55. The van der Waals surface area contributed by atoms with Gasteiger partial charge in [0.25, 0.3) is 0 Å². The fourth-order valence-electron chi connectivity index (χ4n) is 5.55. The van der Waals surface area contributed by atoms with Gasteiger partial charge in [0.1, 0.15) is 11.6 Å². The molecule has 0 radical (unpaired) electrons. The highest BCUT2D eigenvalue weighted by molar-refractivity contribution is 5.93. The fraction of sp³-hybridized carbons (Fsp3) is 0.0500. The minimum absolute atomic E-state index is 0.176. The normalized spacial score (nSPS) is 13.6. The molecule has 0 aliphatic heterocycles. The molecule has 1 aliphatic carbocycles. The van der Waals surface area contributed by atoms with Crippen LogP contribution >= 0.6 is 0 Å². The number of hydrogen-bond donors (Lipinski definition) is 1.